The summed E-state index contributed by atoms with van der Waals surface area (Å²) in [5, 5.41) is 0. The Labute approximate surface area is 393 Å². The van der Waals surface area contributed by atoms with Gasteiger partial charge in [-0.2, -0.15) is 0 Å². The molecule has 0 aliphatic carbocycles. The van der Waals surface area contributed by atoms with Gasteiger partial charge in [0.25, 0.3) is 0 Å². The maximum absolute atomic E-state index is 2.34. The molecule has 0 spiro atoms. The van der Waals surface area contributed by atoms with Gasteiger partial charge in [-0.3, -0.25) is 0 Å². The zero-order valence-corrected chi connectivity index (χ0v) is 45.1. The fourth-order valence-electron chi connectivity index (χ4n) is 9.04. The lowest BCUT2D eigenvalue weighted by Gasteiger charge is -2.39. The first-order valence-electron chi connectivity index (χ1n) is 26.2. The maximum Gasteiger partial charge on any atom is 0.0786 e. The fraction of sp³-hybridized carbons (Fsp3) is 1.00. The number of rotatable bonds is 44. The Morgan fingerprint density at radius 3 is 0.393 bits per heavy atom. The van der Waals surface area contributed by atoms with Crippen molar-refractivity contribution in [2.24, 2.45) is 0 Å². The van der Waals surface area contributed by atoms with Crippen molar-refractivity contribution in [2.45, 2.75) is 287 Å². The van der Waals surface area contributed by atoms with E-state index in [-0.39, 0.29) is 48.0 Å². The average Bonchev–Trinajstić information content (AvgIpc) is 3.18. The fourth-order valence-corrected chi connectivity index (χ4v) is 9.04. The van der Waals surface area contributed by atoms with Gasteiger partial charge in [-0.25, -0.2) is 0 Å². The van der Waals surface area contributed by atoms with Crippen LogP contribution in [0.5, 0.6) is 0 Å². The van der Waals surface area contributed by atoms with Crippen molar-refractivity contribution in [1.29, 1.82) is 0 Å². The van der Waals surface area contributed by atoms with E-state index in [1.54, 1.807) is 0 Å². The van der Waals surface area contributed by atoms with Crippen LogP contribution in [-0.2, 0) is 0 Å². The van der Waals surface area contributed by atoms with Crippen LogP contribution in [0.25, 0.3) is 0 Å². The molecule has 0 aliphatic heterocycles. The van der Waals surface area contributed by atoms with Crippen LogP contribution in [0.3, 0.4) is 0 Å². The van der Waals surface area contributed by atoms with Gasteiger partial charge in [-0.15, -0.1) is 0 Å². The summed E-state index contributed by atoms with van der Waals surface area (Å²) in [5.41, 5.74) is 0. The Kier molecular flexibility index (Phi) is 60.0. The molecule has 4 heteroatoms. The third kappa shape index (κ3) is 43.5. The Hall–Kier alpha value is 1.38. The molecule has 2 nitrogen and oxygen atoms in total. The molecule has 0 saturated heterocycles. The van der Waals surface area contributed by atoms with Crippen LogP contribution in [0.4, 0.5) is 0 Å². The zero-order valence-electron chi connectivity index (χ0n) is 40.8. The average molecular weight is 1020 g/mol. The second-order valence-corrected chi connectivity index (χ2v) is 18.4. The number of halogens is 2. The highest BCUT2D eigenvalue weighted by molar-refractivity contribution is 4.56. The molecule has 0 unspecified atom stereocenters. The lowest BCUT2D eigenvalue weighted by Crippen LogP contribution is -3.00. The van der Waals surface area contributed by atoms with Crippen LogP contribution in [-0.4, -0.2) is 61.3 Å². The van der Waals surface area contributed by atoms with Gasteiger partial charge in [0, 0.05) is 0 Å². The van der Waals surface area contributed by atoms with Gasteiger partial charge in [0.1, 0.15) is 0 Å². The molecule has 344 valence electrons. The first kappa shape index (κ1) is 64.0. The van der Waals surface area contributed by atoms with E-state index < -0.39 is 0 Å². The number of unbranched alkanes of at least 4 members (excludes halogenated alkanes) is 28. The minimum Gasteiger partial charge on any atom is -1.00 e. The van der Waals surface area contributed by atoms with Crippen LogP contribution in [0.2, 0.25) is 0 Å². The van der Waals surface area contributed by atoms with Gasteiger partial charge >= 0.3 is 0 Å². The van der Waals surface area contributed by atoms with Crippen molar-refractivity contribution < 1.29 is 56.9 Å². The summed E-state index contributed by atoms with van der Waals surface area (Å²) >= 11 is 0. The number of nitrogens with zero attached hydrogens (tertiary/aromatic N) is 2. The maximum atomic E-state index is 2.34. The van der Waals surface area contributed by atoms with Crippen LogP contribution >= 0.6 is 0 Å². The van der Waals surface area contributed by atoms with E-state index in [9.17, 15) is 0 Å². The lowest BCUT2D eigenvalue weighted by molar-refractivity contribution is -0.929. The summed E-state index contributed by atoms with van der Waals surface area (Å²) < 4.78 is 2.93. The molecule has 0 radical (unpaired) electrons. The predicted octanol–water partition coefficient (Wildman–Crippen LogP) is 11.8. The highest BCUT2D eigenvalue weighted by Crippen LogP contribution is 2.22. The lowest BCUT2D eigenvalue weighted by atomic mass is 10.1. The van der Waals surface area contributed by atoms with Crippen molar-refractivity contribution in [2.75, 3.05) is 52.4 Å². The van der Waals surface area contributed by atoms with E-state index in [1.807, 2.05) is 0 Å². The van der Waals surface area contributed by atoms with Gasteiger partial charge in [0.2, 0.25) is 0 Å². The molecule has 0 atom stereocenters. The van der Waals surface area contributed by atoms with Crippen molar-refractivity contribution >= 4 is 0 Å². The van der Waals surface area contributed by atoms with E-state index in [2.05, 4.69) is 55.4 Å². The summed E-state index contributed by atoms with van der Waals surface area (Å²) in [6.45, 7) is 30.4. The minimum absolute atomic E-state index is 0. The van der Waals surface area contributed by atoms with E-state index in [1.165, 1.54) is 292 Å². The van der Waals surface area contributed by atoms with E-state index >= 15 is 0 Å². The van der Waals surface area contributed by atoms with Crippen molar-refractivity contribution in [3.05, 3.63) is 0 Å². The van der Waals surface area contributed by atoms with Crippen LogP contribution in [0.1, 0.15) is 287 Å². The van der Waals surface area contributed by atoms with Gasteiger partial charge in [-0.1, -0.05) is 184 Å². The van der Waals surface area contributed by atoms with Crippen LogP contribution in [0.15, 0.2) is 0 Å². The monoisotopic (exact) mass is 1020 g/mol. The van der Waals surface area contributed by atoms with Crippen molar-refractivity contribution in [3.8, 4) is 0 Å². The molecule has 0 fully saturated rings. The molecule has 0 bridgehead atoms. The van der Waals surface area contributed by atoms with Crippen molar-refractivity contribution in [1.82, 2.24) is 0 Å². The van der Waals surface area contributed by atoms with Crippen molar-refractivity contribution in [3.63, 3.8) is 0 Å². The predicted molar refractivity (Wildman–Crippen MR) is 251 cm³/mol. The quantitative estimate of drug-likeness (QED) is 0.0324. The first-order valence-corrected chi connectivity index (χ1v) is 26.2. The Morgan fingerprint density at radius 1 is 0.161 bits per heavy atom. The Bertz CT molecular complexity index is 556. The van der Waals surface area contributed by atoms with Crippen LogP contribution in [0, 0.1) is 0 Å². The summed E-state index contributed by atoms with van der Waals surface area (Å²) in [6.07, 6.45) is 51.6. The highest BCUT2D eigenvalue weighted by atomic mass is 127. The Morgan fingerprint density at radius 2 is 0.268 bits per heavy atom. The molecule has 0 saturated carbocycles. The van der Waals surface area contributed by atoms with Crippen LogP contribution < -0.4 is 48.0 Å². The van der Waals surface area contributed by atoms with E-state index in [4.69, 9.17) is 0 Å². The molecule has 0 aromatic heterocycles. The summed E-state index contributed by atoms with van der Waals surface area (Å²) in [7, 11) is 0. The standard InChI is InChI=1S/C28H60N.C24H52N.2HI/c1-5-9-13-17-21-25-29(26-22-18-14-10-6-2,27-23-19-15-11-7-3)28-24-20-16-12-8-4;1-5-9-13-17-21-25(22-18-14-10-6-2,23-19-15-11-7-3)24-20-16-12-8-4;;/h5-28H2,1-4H3;5-24H2,1-4H3;2*1H/q2*+1;;/p-2. The van der Waals surface area contributed by atoms with Gasteiger partial charge in [-0.05, 0) is 103 Å². The topological polar surface area (TPSA) is 0 Å². The summed E-state index contributed by atoms with van der Waals surface area (Å²) in [5.74, 6) is 0. The normalized spacial score (nSPS) is 11.6. The Balaban J connectivity index is -0.000000471. The second-order valence-electron chi connectivity index (χ2n) is 18.4. The minimum atomic E-state index is 0. The summed E-state index contributed by atoms with van der Waals surface area (Å²) in [4.78, 5) is 0. The van der Waals surface area contributed by atoms with Gasteiger partial charge in [0.05, 0.1) is 52.4 Å². The molecule has 0 aromatic rings. The summed E-state index contributed by atoms with van der Waals surface area (Å²) in [6, 6.07) is 0. The smallest absolute Gasteiger partial charge is 0.0786 e. The zero-order chi connectivity index (χ0) is 40.1. The SMILES string of the molecule is CCCCCCC[N+](CCCCCCC)(CCCCCCC)CCCCCCC.CCCCCC[N+](CCCCCC)(CCCCCC)CCCCCC.[I-].[I-]. The molecule has 0 amide bonds. The molecule has 56 heavy (non-hydrogen) atoms. The molecular weight excluding hydrogens is 906 g/mol. The third-order valence-corrected chi connectivity index (χ3v) is 12.9. The number of hydrogen-bond acceptors (Lipinski definition) is 0. The molecule has 0 rings (SSSR count). The largest absolute Gasteiger partial charge is 1.00 e. The second kappa shape index (κ2) is 52.5. The number of hydrogen-bond donors (Lipinski definition) is 0. The van der Waals surface area contributed by atoms with E-state index in [0.29, 0.717) is 0 Å². The highest BCUT2D eigenvalue weighted by Gasteiger charge is 2.27. The first-order chi connectivity index (χ1) is 26.5. The molecule has 0 aromatic carbocycles. The van der Waals surface area contributed by atoms with Gasteiger partial charge < -0.3 is 56.9 Å². The molecule has 0 N–H and O–H groups in total. The van der Waals surface area contributed by atoms with E-state index in [0.717, 1.165) is 0 Å². The van der Waals surface area contributed by atoms with Gasteiger partial charge in [0.15, 0.2) is 0 Å². The molecular formula is C52H112I2N2. The third-order valence-electron chi connectivity index (χ3n) is 12.9. The molecule has 0 heterocycles. The number of quaternary nitrogens is 2. The molecule has 0 aliphatic rings.